The zero-order valence-corrected chi connectivity index (χ0v) is 15.1. The molecular weight excluding hydrogens is 374 g/mol. The number of amides is 1. The summed E-state index contributed by atoms with van der Waals surface area (Å²) in [5, 5.41) is 13.1. The van der Waals surface area contributed by atoms with Gasteiger partial charge < -0.3 is 24.3 Å². The fraction of sp³-hybridized carbons (Fsp3) is 0.158. The molecule has 0 aliphatic heterocycles. The molecule has 0 bridgehead atoms. The van der Waals surface area contributed by atoms with Gasteiger partial charge in [-0.15, -0.1) is 0 Å². The third-order valence-electron chi connectivity index (χ3n) is 3.77. The first kappa shape index (κ1) is 18.6. The number of ether oxygens (including phenoxy) is 2. The number of hydrogen-bond acceptors (Lipinski definition) is 6. The second-order valence-electron chi connectivity index (χ2n) is 5.67. The Bertz CT molecular complexity index is 997. The lowest BCUT2D eigenvalue weighted by atomic mass is 10.1. The van der Waals surface area contributed by atoms with Gasteiger partial charge in [0, 0.05) is 22.0 Å². The van der Waals surface area contributed by atoms with Crippen LogP contribution in [0.4, 0.5) is 5.69 Å². The van der Waals surface area contributed by atoms with E-state index in [1.54, 1.807) is 18.2 Å². The van der Waals surface area contributed by atoms with Crippen molar-refractivity contribution in [3.63, 3.8) is 0 Å². The van der Waals surface area contributed by atoms with Crippen molar-refractivity contribution in [1.82, 2.24) is 0 Å². The molecule has 3 rings (SSSR count). The lowest BCUT2D eigenvalue weighted by Gasteiger charge is -2.10. The second kappa shape index (κ2) is 8.01. The molecule has 27 heavy (non-hydrogen) atoms. The van der Waals surface area contributed by atoms with Crippen LogP contribution in [-0.2, 0) is 20.7 Å². The number of furan rings is 1. The molecule has 0 saturated carbocycles. The van der Waals surface area contributed by atoms with Gasteiger partial charge in [0.2, 0.25) is 0 Å². The van der Waals surface area contributed by atoms with Crippen LogP contribution < -0.4 is 10.1 Å². The minimum absolute atomic E-state index is 0.0639. The average Bonchev–Trinajstić information content (AvgIpc) is 3.02. The molecule has 3 aromatic rings. The van der Waals surface area contributed by atoms with E-state index in [4.69, 9.17) is 25.5 Å². The number of esters is 1. The van der Waals surface area contributed by atoms with Crippen LogP contribution in [0.25, 0.3) is 11.0 Å². The van der Waals surface area contributed by atoms with E-state index in [0.717, 1.165) is 0 Å². The third kappa shape index (κ3) is 4.51. The molecule has 0 atom stereocenters. The van der Waals surface area contributed by atoms with E-state index in [1.165, 1.54) is 31.6 Å². The SMILES string of the molecule is COc1ccc(Cl)cc1NC(=O)COC(=O)Cc1coc2cc(O)ccc12. The van der Waals surface area contributed by atoms with Gasteiger partial charge in [-0.3, -0.25) is 9.59 Å². The van der Waals surface area contributed by atoms with Crippen molar-refractivity contribution in [2.45, 2.75) is 6.42 Å². The average molecular weight is 390 g/mol. The smallest absolute Gasteiger partial charge is 0.310 e. The van der Waals surface area contributed by atoms with E-state index >= 15 is 0 Å². The number of fused-ring (bicyclic) bond motifs is 1. The minimum atomic E-state index is -0.584. The Hall–Kier alpha value is -3.19. The maximum atomic E-state index is 12.0. The quantitative estimate of drug-likeness (QED) is 0.626. The van der Waals surface area contributed by atoms with Crippen LogP contribution in [0, 0.1) is 0 Å². The molecule has 0 radical (unpaired) electrons. The van der Waals surface area contributed by atoms with Crippen molar-refractivity contribution in [3.05, 3.63) is 53.2 Å². The summed E-state index contributed by atoms with van der Waals surface area (Å²) < 4.78 is 15.4. The second-order valence-corrected chi connectivity index (χ2v) is 6.11. The van der Waals surface area contributed by atoms with E-state index in [0.29, 0.717) is 33.0 Å². The fourth-order valence-corrected chi connectivity index (χ4v) is 2.70. The van der Waals surface area contributed by atoms with Gasteiger partial charge in [0.1, 0.15) is 17.1 Å². The number of rotatable bonds is 6. The number of carbonyl (C=O) groups is 2. The summed E-state index contributed by atoms with van der Waals surface area (Å²) in [5.74, 6) is -0.601. The first-order valence-corrected chi connectivity index (χ1v) is 8.32. The molecule has 7 nitrogen and oxygen atoms in total. The number of anilines is 1. The Kier molecular flexibility index (Phi) is 5.52. The summed E-state index contributed by atoms with van der Waals surface area (Å²) in [4.78, 5) is 24.0. The van der Waals surface area contributed by atoms with Gasteiger partial charge in [-0.25, -0.2) is 0 Å². The normalized spacial score (nSPS) is 10.6. The van der Waals surface area contributed by atoms with Gasteiger partial charge in [-0.2, -0.15) is 0 Å². The van der Waals surface area contributed by atoms with Crippen molar-refractivity contribution < 1.29 is 28.6 Å². The van der Waals surface area contributed by atoms with Crippen LogP contribution in [0.15, 0.2) is 47.1 Å². The molecule has 0 fully saturated rings. The molecule has 2 aromatic carbocycles. The van der Waals surface area contributed by atoms with Crippen molar-refractivity contribution in [2.24, 2.45) is 0 Å². The van der Waals surface area contributed by atoms with E-state index in [1.807, 2.05) is 0 Å². The van der Waals surface area contributed by atoms with Crippen LogP contribution in [-0.4, -0.2) is 30.7 Å². The molecule has 0 saturated heterocycles. The highest BCUT2D eigenvalue weighted by molar-refractivity contribution is 6.31. The molecule has 1 amide bonds. The van der Waals surface area contributed by atoms with E-state index < -0.39 is 18.5 Å². The highest BCUT2D eigenvalue weighted by atomic mass is 35.5. The van der Waals surface area contributed by atoms with Crippen LogP contribution in [0.1, 0.15) is 5.56 Å². The molecule has 0 unspecified atom stereocenters. The number of nitrogens with one attached hydrogen (secondary N) is 1. The zero-order valence-electron chi connectivity index (χ0n) is 14.3. The highest BCUT2D eigenvalue weighted by Gasteiger charge is 2.14. The largest absolute Gasteiger partial charge is 0.508 e. The summed E-state index contributed by atoms with van der Waals surface area (Å²) in [7, 11) is 1.47. The lowest BCUT2D eigenvalue weighted by Crippen LogP contribution is -2.21. The molecule has 0 spiro atoms. The summed E-state index contributed by atoms with van der Waals surface area (Å²) in [6.45, 7) is -0.453. The third-order valence-corrected chi connectivity index (χ3v) is 4.01. The molecule has 140 valence electrons. The van der Waals surface area contributed by atoms with Crippen LogP contribution in [0.5, 0.6) is 11.5 Å². The standard InChI is InChI=1S/C19H16ClNO6/c1-25-16-5-2-12(20)7-15(16)21-18(23)10-27-19(24)6-11-9-26-17-8-13(22)3-4-14(11)17/h2-5,7-9,22H,6,10H2,1H3,(H,21,23). The van der Waals surface area contributed by atoms with Gasteiger partial charge in [-0.1, -0.05) is 11.6 Å². The number of benzene rings is 2. The number of phenolic OH excluding ortho intramolecular Hbond substituents is 1. The Balaban J connectivity index is 1.57. The maximum absolute atomic E-state index is 12.0. The molecule has 0 aliphatic carbocycles. The van der Waals surface area contributed by atoms with Crippen molar-refractivity contribution in [2.75, 3.05) is 19.0 Å². The molecule has 1 aromatic heterocycles. The number of aromatic hydroxyl groups is 1. The van der Waals surface area contributed by atoms with Gasteiger partial charge in [0.15, 0.2) is 6.61 Å². The molecular formula is C19H16ClNO6. The van der Waals surface area contributed by atoms with Gasteiger partial charge >= 0.3 is 5.97 Å². The van der Waals surface area contributed by atoms with Crippen LogP contribution in [0.2, 0.25) is 5.02 Å². The Morgan fingerprint density at radius 2 is 2.04 bits per heavy atom. The van der Waals surface area contributed by atoms with Crippen molar-refractivity contribution in [1.29, 1.82) is 0 Å². The van der Waals surface area contributed by atoms with Gasteiger partial charge in [0.05, 0.1) is 25.5 Å². The fourth-order valence-electron chi connectivity index (χ4n) is 2.53. The number of phenols is 1. The zero-order chi connectivity index (χ0) is 19.4. The monoisotopic (exact) mass is 389 g/mol. The summed E-state index contributed by atoms with van der Waals surface area (Å²) in [6, 6.07) is 9.38. The summed E-state index contributed by atoms with van der Waals surface area (Å²) in [6.07, 6.45) is 1.35. The molecule has 1 heterocycles. The highest BCUT2D eigenvalue weighted by Crippen LogP contribution is 2.28. The van der Waals surface area contributed by atoms with Gasteiger partial charge in [-0.05, 0) is 30.3 Å². The van der Waals surface area contributed by atoms with Crippen molar-refractivity contribution >= 4 is 40.1 Å². The number of hydrogen-bond donors (Lipinski definition) is 2. The number of carbonyl (C=O) groups excluding carboxylic acids is 2. The topological polar surface area (TPSA) is 98.0 Å². The number of methoxy groups -OCH3 is 1. The summed E-state index contributed by atoms with van der Waals surface area (Å²) in [5.41, 5.74) is 1.45. The first-order valence-electron chi connectivity index (χ1n) is 7.94. The minimum Gasteiger partial charge on any atom is -0.508 e. The predicted molar refractivity (Wildman–Crippen MR) is 99.2 cm³/mol. The van der Waals surface area contributed by atoms with Gasteiger partial charge in [0.25, 0.3) is 5.91 Å². The van der Waals surface area contributed by atoms with E-state index in [2.05, 4.69) is 5.32 Å². The molecule has 0 aliphatic rings. The Morgan fingerprint density at radius 1 is 1.22 bits per heavy atom. The van der Waals surface area contributed by atoms with E-state index in [9.17, 15) is 14.7 Å². The Labute approximate surface area is 159 Å². The predicted octanol–water partition coefficient (Wildman–Crippen LogP) is 3.52. The first-order chi connectivity index (χ1) is 13.0. The summed E-state index contributed by atoms with van der Waals surface area (Å²) >= 11 is 5.90. The molecule has 2 N–H and O–H groups in total. The Morgan fingerprint density at radius 3 is 2.81 bits per heavy atom. The molecule has 8 heteroatoms. The van der Waals surface area contributed by atoms with Crippen LogP contribution >= 0.6 is 11.6 Å². The van der Waals surface area contributed by atoms with E-state index in [-0.39, 0.29) is 12.2 Å². The van der Waals surface area contributed by atoms with Crippen molar-refractivity contribution in [3.8, 4) is 11.5 Å². The lowest BCUT2D eigenvalue weighted by molar-refractivity contribution is -0.146. The maximum Gasteiger partial charge on any atom is 0.310 e. The van der Waals surface area contributed by atoms with Crippen LogP contribution in [0.3, 0.4) is 0 Å². The number of halogens is 1.